The van der Waals surface area contributed by atoms with Crippen LogP contribution in [0.1, 0.15) is 11.3 Å². The van der Waals surface area contributed by atoms with E-state index in [1.165, 1.54) is 0 Å². The zero-order chi connectivity index (χ0) is 10.8. The molecule has 0 unspecified atom stereocenters. The Morgan fingerprint density at radius 1 is 1.33 bits per heavy atom. The third-order valence-corrected chi connectivity index (χ3v) is 2.51. The minimum Gasteiger partial charge on any atom is -0.497 e. The highest BCUT2D eigenvalue weighted by Gasteiger charge is 2.02. The van der Waals surface area contributed by atoms with Gasteiger partial charge in [-0.1, -0.05) is 0 Å². The number of rotatable bonds is 2. The van der Waals surface area contributed by atoms with Crippen molar-refractivity contribution in [3.05, 3.63) is 35.5 Å². The highest BCUT2D eigenvalue weighted by molar-refractivity contribution is 5.81. The molecule has 3 nitrogen and oxygen atoms in total. The first-order valence-electron chi connectivity index (χ1n) is 4.89. The fraction of sp³-hybridized carbons (Fsp3) is 0.250. The average Bonchev–Trinajstić information content (AvgIpc) is 2.27. The number of benzene rings is 1. The number of aryl methyl sites for hydroxylation is 1. The van der Waals surface area contributed by atoms with Crippen LogP contribution in [0.4, 0.5) is 0 Å². The molecule has 2 aromatic rings. The van der Waals surface area contributed by atoms with E-state index in [2.05, 4.69) is 11.1 Å². The van der Waals surface area contributed by atoms with Crippen LogP contribution in [-0.2, 0) is 6.54 Å². The van der Waals surface area contributed by atoms with Gasteiger partial charge in [0.1, 0.15) is 5.75 Å². The van der Waals surface area contributed by atoms with E-state index < -0.39 is 0 Å². The van der Waals surface area contributed by atoms with Crippen molar-refractivity contribution in [2.24, 2.45) is 5.73 Å². The Morgan fingerprint density at radius 2 is 2.13 bits per heavy atom. The van der Waals surface area contributed by atoms with Crippen molar-refractivity contribution in [1.29, 1.82) is 0 Å². The second-order valence-corrected chi connectivity index (χ2v) is 3.51. The second-order valence-electron chi connectivity index (χ2n) is 3.51. The number of hydrogen-bond acceptors (Lipinski definition) is 3. The number of ether oxygens (including phenoxy) is 1. The first kappa shape index (κ1) is 9.93. The monoisotopic (exact) mass is 202 g/mol. The van der Waals surface area contributed by atoms with E-state index in [-0.39, 0.29) is 0 Å². The maximum atomic E-state index is 5.62. The van der Waals surface area contributed by atoms with E-state index in [0.29, 0.717) is 6.54 Å². The van der Waals surface area contributed by atoms with E-state index in [0.717, 1.165) is 27.9 Å². The maximum Gasteiger partial charge on any atom is 0.121 e. The summed E-state index contributed by atoms with van der Waals surface area (Å²) in [4.78, 5) is 4.50. The largest absolute Gasteiger partial charge is 0.497 e. The molecule has 1 heterocycles. The Morgan fingerprint density at radius 3 is 2.80 bits per heavy atom. The summed E-state index contributed by atoms with van der Waals surface area (Å²) in [5.41, 5.74) is 8.62. The minimum atomic E-state index is 0.471. The van der Waals surface area contributed by atoms with Gasteiger partial charge >= 0.3 is 0 Å². The minimum absolute atomic E-state index is 0.471. The summed E-state index contributed by atoms with van der Waals surface area (Å²) in [6.07, 6.45) is 0. The standard InChI is InChI=1S/C12H14N2O/c1-8-5-9-3-4-10(15-2)6-11(9)14-12(8)7-13/h3-6H,7,13H2,1-2H3. The van der Waals surface area contributed by atoms with Crippen molar-refractivity contribution in [2.75, 3.05) is 7.11 Å². The van der Waals surface area contributed by atoms with Crippen LogP contribution in [-0.4, -0.2) is 12.1 Å². The number of hydrogen-bond donors (Lipinski definition) is 1. The van der Waals surface area contributed by atoms with Crippen LogP contribution in [0.15, 0.2) is 24.3 Å². The van der Waals surface area contributed by atoms with Gasteiger partial charge < -0.3 is 10.5 Å². The van der Waals surface area contributed by atoms with Crippen LogP contribution in [0.2, 0.25) is 0 Å². The molecule has 0 amide bonds. The van der Waals surface area contributed by atoms with Gasteiger partial charge in [0, 0.05) is 18.0 Å². The molecule has 2 rings (SSSR count). The van der Waals surface area contributed by atoms with Gasteiger partial charge in [-0.25, -0.2) is 0 Å². The molecule has 1 aromatic carbocycles. The number of nitrogens with zero attached hydrogens (tertiary/aromatic N) is 1. The Hall–Kier alpha value is -1.61. The summed E-state index contributed by atoms with van der Waals surface area (Å²) in [5, 5.41) is 1.12. The van der Waals surface area contributed by atoms with Gasteiger partial charge in [-0.15, -0.1) is 0 Å². The number of pyridine rings is 1. The van der Waals surface area contributed by atoms with Crippen LogP contribution in [0, 0.1) is 6.92 Å². The summed E-state index contributed by atoms with van der Waals surface area (Å²) in [5.74, 6) is 0.821. The molecule has 2 N–H and O–H groups in total. The SMILES string of the molecule is COc1ccc2cc(C)c(CN)nc2c1. The molecule has 0 aliphatic heterocycles. The molecule has 0 saturated heterocycles. The smallest absolute Gasteiger partial charge is 0.121 e. The van der Waals surface area contributed by atoms with Crippen molar-refractivity contribution in [3.8, 4) is 5.75 Å². The van der Waals surface area contributed by atoms with Crippen LogP contribution >= 0.6 is 0 Å². The van der Waals surface area contributed by atoms with Gasteiger partial charge in [-0.3, -0.25) is 4.98 Å². The molecule has 0 radical (unpaired) electrons. The third kappa shape index (κ3) is 1.78. The predicted molar refractivity (Wildman–Crippen MR) is 60.9 cm³/mol. The van der Waals surface area contributed by atoms with Crippen molar-refractivity contribution in [2.45, 2.75) is 13.5 Å². The van der Waals surface area contributed by atoms with E-state index in [4.69, 9.17) is 10.5 Å². The van der Waals surface area contributed by atoms with Crippen LogP contribution in [0.25, 0.3) is 10.9 Å². The Bertz CT molecular complexity index is 494. The second kappa shape index (κ2) is 3.87. The molecule has 1 aromatic heterocycles. The molecule has 0 aliphatic carbocycles. The summed E-state index contributed by atoms with van der Waals surface area (Å²) in [6, 6.07) is 7.97. The zero-order valence-corrected chi connectivity index (χ0v) is 8.95. The van der Waals surface area contributed by atoms with Crippen LogP contribution in [0.5, 0.6) is 5.75 Å². The quantitative estimate of drug-likeness (QED) is 0.810. The van der Waals surface area contributed by atoms with Gasteiger partial charge in [-0.05, 0) is 30.7 Å². The first-order chi connectivity index (χ1) is 7.24. The van der Waals surface area contributed by atoms with Crippen molar-refractivity contribution < 1.29 is 4.74 Å². The lowest BCUT2D eigenvalue weighted by Crippen LogP contribution is -2.02. The predicted octanol–water partition coefficient (Wildman–Crippen LogP) is 2.01. The Balaban J connectivity index is 2.66. The highest BCUT2D eigenvalue weighted by atomic mass is 16.5. The molecule has 0 fully saturated rings. The molecule has 0 aliphatic rings. The Labute approximate surface area is 88.9 Å². The third-order valence-electron chi connectivity index (χ3n) is 2.51. The molecular weight excluding hydrogens is 188 g/mol. The van der Waals surface area contributed by atoms with E-state index >= 15 is 0 Å². The lowest BCUT2D eigenvalue weighted by molar-refractivity contribution is 0.415. The topological polar surface area (TPSA) is 48.1 Å². The van der Waals surface area contributed by atoms with Crippen molar-refractivity contribution in [1.82, 2.24) is 4.98 Å². The lowest BCUT2D eigenvalue weighted by Gasteiger charge is -2.06. The summed E-state index contributed by atoms with van der Waals surface area (Å²) < 4.78 is 5.15. The van der Waals surface area contributed by atoms with Crippen LogP contribution in [0.3, 0.4) is 0 Å². The molecule has 0 atom stereocenters. The van der Waals surface area contributed by atoms with Crippen molar-refractivity contribution in [3.63, 3.8) is 0 Å². The van der Waals surface area contributed by atoms with Gasteiger partial charge in [0.15, 0.2) is 0 Å². The lowest BCUT2D eigenvalue weighted by atomic mass is 10.1. The fourth-order valence-electron chi connectivity index (χ4n) is 1.63. The van der Waals surface area contributed by atoms with Crippen molar-refractivity contribution >= 4 is 10.9 Å². The van der Waals surface area contributed by atoms with E-state index in [1.807, 2.05) is 25.1 Å². The van der Waals surface area contributed by atoms with Gasteiger partial charge in [0.2, 0.25) is 0 Å². The van der Waals surface area contributed by atoms with Gasteiger partial charge in [0.25, 0.3) is 0 Å². The number of fused-ring (bicyclic) bond motifs is 1. The number of aromatic nitrogens is 1. The van der Waals surface area contributed by atoms with E-state index in [1.54, 1.807) is 7.11 Å². The number of nitrogens with two attached hydrogens (primary N) is 1. The maximum absolute atomic E-state index is 5.62. The normalized spacial score (nSPS) is 10.6. The van der Waals surface area contributed by atoms with Crippen LogP contribution < -0.4 is 10.5 Å². The molecule has 15 heavy (non-hydrogen) atoms. The van der Waals surface area contributed by atoms with Gasteiger partial charge in [-0.2, -0.15) is 0 Å². The summed E-state index contributed by atoms with van der Waals surface area (Å²) in [7, 11) is 1.65. The summed E-state index contributed by atoms with van der Waals surface area (Å²) >= 11 is 0. The molecule has 3 heteroatoms. The molecule has 0 bridgehead atoms. The zero-order valence-electron chi connectivity index (χ0n) is 8.95. The highest BCUT2D eigenvalue weighted by Crippen LogP contribution is 2.21. The molecular formula is C12H14N2O. The molecule has 78 valence electrons. The Kier molecular flexibility index (Phi) is 2.56. The van der Waals surface area contributed by atoms with E-state index in [9.17, 15) is 0 Å². The number of methoxy groups -OCH3 is 1. The van der Waals surface area contributed by atoms with Gasteiger partial charge in [0.05, 0.1) is 18.3 Å². The fourth-order valence-corrected chi connectivity index (χ4v) is 1.63. The first-order valence-corrected chi connectivity index (χ1v) is 4.89. The average molecular weight is 202 g/mol. The summed E-state index contributed by atoms with van der Waals surface area (Å²) in [6.45, 7) is 2.50. The molecule has 0 saturated carbocycles. The molecule has 0 spiro atoms.